The van der Waals surface area contributed by atoms with E-state index in [4.69, 9.17) is 4.74 Å². The Kier molecular flexibility index (Phi) is 4.19. The van der Waals surface area contributed by atoms with E-state index in [0.29, 0.717) is 17.1 Å². The van der Waals surface area contributed by atoms with Crippen LogP contribution in [0, 0.1) is 15.9 Å². The van der Waals surface area contributed by atoms with Gasteiger partial charge in [0, 0.05) is 17.4 Å². The Morgan fingerprint density at radius 1 is 1.25 bits per heavy atom. The molecule has 0 spiro atoms. The van der Waals surface area contributed by atoms with Crippen LogP contribution in [0.3, 0.4) is 0 Å². The number of nitro benzene ring substituents is 1. The van der Waals surface area contributed by atoms with E-state index in [1.165, 1.54) is 12.1 Å². The summed E-state index contributed by atoms with van der Waals surface area (Å²) < 4.78 is 19.1. The molecule has 0 fully saturated rings. The van der Waals surface area contributed by atoms with Crippen molar-refractivity contribution in [1.82, 2.24) is 0 Å². The standard InChI is InChI=1S/C13H10BrFN2O3/c1-20-13-3-2-9(7-12(13)14)16-10-4-8(15)5-11(6-10)17(18)19/h2-7,16H,1H3. The molecule has 2 rings (SSSR count). The van der Waals surface area contributed by atoms with Crippen LogP contribution in [-0.2, 0) is 0 Å². The zero-order valence-corrected chi connectivity index (χ0v) is 12.0. The molecule has 2 aromatic rings. The Morgan fingerprint density at radius 3 is 2.60 bits per heavy atom. The van der Waals surface area contributed by atoms with Crippen LogP contribution < -0.4 is 10.1 Å². The summed E-state index contributed by atoms with van der Waals surface area (Å²) in [5.74, 6) is -0.0185. The largest absolute Gasteiger partial charge is 0.496 e. The summed E-state index contributed by atoms with van der Waals surface area (Å²) in [6.45, 7) is 0. The van der Waals surface area contributed by atoms with E-state index >= 15 is 0 Å². The van der Waals surface area contributed by atoms with Crippen LogP contribution >= 0.6 is 15.9 Å². The monoisotopic (exact) mass is 340 g/mol. The van der Waals surface area contributed by atoms with Gasteiger partial charge in [0.2, 0.25) is 0 Å². The highest BCUT2D eigenvalue weighted by Crippen LogP contribution is 2.30. The van der Waals surface area contributed by atoms with Crippen LogP contribution in [0.25, 0.3) is 0 Å². The molecule has 0 bridgehead atoms. The smallest absolute Gasteiger partial charge is 0.274 e. The van der Waals surface area contributed by atoms with Crippen LogP contribution in [0.2, 0.25) is 0 Å². The molecular formula is C13H10BrFN2O3. The van der Waals surface area contributed by atoms with Gasteiger partial charge >= 0.3 is 0 Å². The predicted molar refractivity (Wildman–Crippen MR) is 77.0 cm³/mol. The number of nitro groups is 1. The fraction of sp³-hybridized carbons (Fsp3) is 0.0769. The molecule has 0 amide bonds. The molecule has 1 N–H and O–H groups in total. The first kappa shape index (κ1) is 14.3. The van der Waals surface area contributed by atoms with Crippen molar-refractivity contribution in [3.05, 3.63) is 56.8 Å². The summed E-state index contributed by atoms with van der Waals surface area (Å²) in [6.07, 6.45) is 0. The van der Waals surface area contributed by atoms with Crippen molar-refractivity contribution in [2.75, 3.05) is 12.4 Å². The molecule has 0 unspecified atom stereocenters. The number of nitrogens with zero attached hydrogens (tertiary/aromatic N) is 1. The minimum absolute atomic E-state index is 0.300. The second kappa shape index (κ2) is 5.87. The second-order valence-electron chi connectivity index (χ2n) is 3.93. The lowest BCUT2D eigenvalue weighted by Crippen LogP contribution is -1.95. The van der Waals surface area contributed by atoms with Gasteiger partial charge in [-0.05, 0) is 40.2 Å². The molecule has 2 aromatic carbocycles. The summed E-state index contributed by atoms with van der Waals surface area (Å²) in [4.78, 5) is 10.0. The van der Waals surface area contributed by atoms with Crippen molar-refractivity contribution in [3.63, 3.8) is 0 Å². The number of non-ortho nitro benzene ring substituents is 1. The number of halogens is 2. The van der Waals surface area contributed by atoms with Gasteiger partial charge in [0.25, 0.3) is 5.69 Å². The van der Waals surface area contributed by atoms with E-state index in [1.54, 1.807) is 25.3 Å². The predicted octanol–water partition coefficient (Wildman–Crippen LogP) is 4.25. The number of hydrogen-bond acceptors (Lipinski definition) is 4. The molecule has 0 aliphatic heterocycles. The minimum atomic E-state index is -0.672. The van der Waals surface area contributed by atoms with E-state index < -0.39 is 10.7 Å². The molecule has 0 atom stereocenters. The molecule has 0 radical (unpaired) electrons. The third-order valence-electron chi connectivity index (χ3n) is 2.53. The number of ether oxygens (including phenoxy) is 1. The van der Waals surface area contributed by atoms with Crippen molar-refractivity contribution in [1.29, 1.82) is 0 Å². The lowest BCUT2D eigenvalue weighted by molar-refractivity contribution is -0.385. The van der Waals surface area contributed by atoms with Gasteiger partial charge < -0.3 is 10.1 Å². The molecular weight excluding hydrogens is 331 g/mol. The normalized spacial score (nSPS) is 10.2. The van der Waals surface area contributed by atoms with Crippen LogP contribution in [-0.4, -0.2) is 12.0 Å². The van der Waals surface area contributed by atoms with E-state index in [1.807, 2.05) is 0 Å². The first-order chi connectivity index (χ1) is 9.49. The number of nitrogens with one attached hydrogen (secondary N) is 1. The topological polar surface area (TPSA) is 64.4 Å². The molecule has 0 saturated heterocycles. The first-order valence-electron chi connectivity index (χ1n) is 5.55. The number of hydrogen-bond donors (Lipinski definition) is 1. The van der Waals surface area contributed by atoms with Gasteiger partial charge in [-0.2, -0.15) is 0 Å². The number of rotatable bonds is 4. The van der Waals surface area contributed by atoms with Gasteiger partial charge in [-0.15, -0.1) is 0 Å². The summed E-state index contributed by atoms with van der Waals surface area (Å²) in [7, 11) is 1.54. The minimum Gasteiger partial charge on any atom is -0.496 e. The third kappa shape index (κ3) is 3.24. The quantitative estimate of drug-likeness (QED) is 0.667. The Hall–Kier alpha value is -2.15. The summed E-state index contributed by atoms with van der Waals surface area (Å²) >= 11 is 3.33. The highest BCUT2D eigenvalue weighted by molar-refractivity contribution is 9.10. The van der Waals surface area contributed by atoms with E-state index in [0.717, 1.165) is 10.5 Å². The highest BCUT2D eigenvalue weighted by Gasteiger charge is 2.10. The highest BCUT2D eigenvalue weighted by atomic mass is 79.9. The fourth-order valence-electron chi connectivity index (χ4n) is 1.66. The summed E-state index contributed by atoms with van der Waals surface area (Å²) in [5, 5.41) is 13.6. The van der Waals surface area contributed by atoms with Gasteiger partial charge in [-0.1, -0.05) is 0 Å². The van der Waals surface area contributed by atoms with Crippen molar-refractivity contribution >= 4 is 33.0 Å². The zero-order chi connectivity index (χ0) is 14.7. The van der Waals surface area contributed by atoms with Crippen LogP contribution in [0.5, 0.6) is 5.75 Å². The maximum atomic E-state index is 13.3. The average molecular weight is 341 g/mol. The van der Waals surface area contributed by atoms with Crippen LogP contribution in [0.15, 0.2) is 40.9 Å². The lowest BCUT2D eigenvalue weighted by Gasteiger charge is -2.09. The maximum Gasteiger partial charge on any atom is 0.274 e. The van der Waals surface area contributed by atoms with Gasteiger partial charge in [0.15, 0.2) is 0 Å². The van der Waals surface area contributed by atoms with Crippen LogP contribution in [0.4, 0.5) is 21.5 Å². The van der Waals surface area contributed by atoms with Crippen molar-refractivity contribution in [3.8, 4) is 5.75 Å². The zero-order valence-electron chi connectivity index (χ0n) is 10.4. The van der Waals surface area contributed by atoms with Gasteiger partial charge in [0.1, 0.15) is 11.6 Å². The van der Waals surface area contributed by atoms with Crippen molar-refractivity contribution in [2.45, 2.75) is 0 Å². The summed E-state index contributed by atoms with van der Waals surface area (Å²) in [6, 6.07) is 8.50. The van der Waals surface area contributed by atoms with Gasteiger partial charge in [0.05, 0.1) is 22.6 Å². The molecule has 7 heteroatoms. The SMILES string of the molecule is COc1ccc(Nc2cc(F)cc([N+](=O)[O-])c2)cc1Br. The van der Waals surface area contributed by atoms with Crippen molar-refractivity contribution < 1.29 is 14.1 Å². The van der Waals surface area contributed by atoms with Gasteiger partial charge in [-0.25, -0.2) is 4.39 Å². The number of methoxy groups -OCH3 is 1. The Bertz CT molecular complexity index is 664. The maximum absolute atomic E-state index is 13.3. The third-order valence-corrected chi connectivity index (χ3v) is 3.15. The van der Waals surface area contributed by atoms with E-state index in [2.05, 4.69) is 21.2 Å². The number of benzene rings is 2. The van der Waals surface area contributed by atoms with Crippen LogP contribution in [0.1, 0.15) is 0 Å². The number of anilines is 2. The molecule has 0 aliphatic rings. The molecule has 0 aromatic heterocycles. The van der Waals surface area contributed by atoms with Gasteiger partial charge in [-0.3, -0.25) is 10.1 Å². The molecule has 5 nitrogen and oxygen atoms in total. The molecule has 104 valence electrons. The molecule has 0 aliphatic carbocycles. The van der Waals surface area contributed by atoms with E-state index in [-0.39, 0.29) is 5.69 Å². The van der Waals surface area contributed by atoms with E-state index in [9.17, 15) is 14.5 Å². The Balaban J connectivity index is 2.30. The van der Waals surface area contributed by atoms with Crippen molar-refractivity contribution in [2.24, 2.45) is 0 Å². The fourth-order valence-corrected chi connectivity index (χ4v) is 2.20. The molecule has 0 heterocycles. The summed E-state index contributed by atoms with van der Waals surface area (Å²) in [5.41, 5.74) is 0.645. The average Bonchev–Trinajstić information content (AvgIpc) is 2.38. The Labute approximate surface area is 122 Å². The molecule has 20 heavy (non-hydrogen) atoms. The Morgan fingerprint density at radius 2 is 2.00 bits per heavy atom. The second-order valence-corrected chi connectivity index (χ2v) is 4.78. The first-order valence-corrected chi connectivity index (χ1v) is 6.34. The molecule has 0 saturated carbocycles. The lowest BCUT2D eigenvalue weighted by atomic mass is 10.2.